The maximum Gasteiger partial charge on any atom is 0.244 e. The van der Waals surface area contributed by atoms with Crippen molar-refractivity contribution >= 4 is 27.7 Å². The number of carbonyl (C=O) groups excluding carboxylic acids is 1. The minimum absolute atomic E-state index is 0.0928. The van der Waals surface area contributed by atoms with Crippen molar-refractivity contribution in [1.82, 2.24) is 9.88 Å². The molecule has 0 aromatic carbocycles. The van der Waals surface area contributed by atoms with Gasteiger partial charge in [0, 0.05) is 19.3 Å². The maximum atomic E-state index is 12.1. The molecule has 0 bridgehead atoms. The molecule has 0 aliphatic rings. The zero-order chi connectivity index (χ0) is 13.7. The number of rotatable bonds is 5. The van der Waals surface area contributed by atoms with Crippen molar-refractivity contribution in [1.29, 1.82) is 0 Å². The van der Waals surface area contributed by atoms with Crippen molar-refractivity contribution in [2.24, 2.45) is 0 Å². The van der Waals surface area contributed by atoms with Gasteiger partial charge in [-0.25, -0.2) is 4.98 Å². The van der Waals surface area contributed by atoms with E-state index >= 15 is 0 Å². The molecule has 0 aliphatic carbocycles. The van der Waals surface area contributed by atoms with Crippen LogP contribution in [0.2, 0.25) is 0 Å². The van der Waals surface area contributed by atoms with E-state index in [1.165, 1.54) is 0 Å². The number of pyridine rings is 1. The molecule has 0 aliphatic heterocycles. The summed E-state index contributed by atoms with van der Waals surface area (Å²) in [5, 5.41) is 3.15. The topological polar surface area (TPSA) is 45.2 Å². The lowest BCUT2D eigenvalue weighted by molar-refractivity contribution is -0.131. The quantitative estimate of drug-likeness (QED) is 0.909. The normalized spacial score (nSPS) is 12.1. The van der Waals surface area contributed by atoms with E-state index in [1.807, 2.05) is 33.8 Å². The first-order valence-electron chi connectivity index (χ1n) is 6.17. The highest BCUT2D eigenvalue weighted by Gasteiger charge is 2.19. The number of nitrogens with one attached hydrogen (secondary N) is 1. The number of aromatic nitrogens is 1. The van der Waals surface area contributed by atoms with Crippen LogP contribution < -0.4 is 5.32 Å². The summed E-state index contributed by atoms with van der Waals surface area (Å²) in [4.78, 5) is 18.2. The Bertz CT molecular complexity index is 419. The van der Waals surface area contributed by atoms with Crippen LogP contribution in [0, 0.1) is 6.92 Å². The second-order valence-corrected chi connectivity index (χ2v) is 4.96. The van der Waals surface area contributed by atoms with E-state index < -0.39 is 0 Å². The van der Waals surface area contributed by atoms with Gasteiger partial charge in [-0.15, -0.1) is 0 Å². The van der Waals surface area contributed by atoms with E-state index in [2.05, 4.69) is 26.2 Å². The number of hydrogen-bond acceptors (Lipinski definition) is 3. The number of anilines is 1. The fourth-order valence-corrected chi connectivity index (χ4v) is 2.07. The van der Waals surface area contributed by atoms with E-state index in [9.17, 15) is 4.79 Å². The van der Waals surface area contributed by atoms with Crippen LogP contribution in [0.3, 0.4) is 0 Å². The van der Waals surface area contributed by atoms with Crippen LogP contribution in [0.5, 0.6) is 0 Å². The molecule has 0 saturated carbocycles. The van der Waals surface area contributed by atoms with Crippen molar-refractivity contribution in [2.45, 2.75) is 33.7 Å². The first kappa shape index (κ1) is 15.0. The van der Waals surface area contributed by atoms with E-state index in [1.54, 1.807) is 11.1 Å². The van der Waals surface area contributed by atoms with E-state index in [0.29, 0.717) is 5.82 Å². The Hall–Kier alpha value is -1.10. The molecule has 1 N–H and O–H groups in total. The lowest BCUT2D eigenvalue weighted by Crippen LogP contribution is -2.41. The first-order chi connectivity index (χ1) is 8.51. The smallest absolute Gasteiger partial charge is 0.244 e. The molecule has 0 spiro atoms. The predicted octanol–water partition coefficient (Wildman–Crippen LogP) is 2.82. The summed E-state index contributed by atoms with van der Waals surface area (Å²) in [6.45, 7) is 9.27. The number of nitrogens with zero attached hydrogens (tertiary/aromatic N) is 2. The second kappa shape index (κ2) is 6.73. The molecule has 100 valence electrons. The summed E-state index contributed by atoms with van der Waals surface area (Å²) in [7, 11) is 0. The van der Waals surface area contributed by atoms with Crippen molar-refractivity contribution < 1.29 is 4.79 Å². The molecule has 1 rings (SSSR count). The Morgan fingerprint density at radius 2 is 2.11 bits per heavy atom. The third-order valence-electron chi connectivity index (χ3n) is 2.88. The molecular formula is C13H20BrN3O. The van der Waals surface area contributed by atoms with E-state index in [0.717, 1.165) is 23.1 Å². The Balaban J connectivity index is 2.78. The molecule has 5 heteroatoms. The third kappa shape index (κ3) is 3.45. The van der Waals surface area contributed by atoms with Crippen molar-refractivity contribution in [3.05, 3.63) is 22.3 Å². The molecular weight excluding hydrogens is 294 g/mol. The monoisotopic (exact) mass is 313 g/mol. The summed E-state index contributed by atoms with van der Waals surface area (Å²) in [5.41, 5.74) is 1.09. The average molecular weight is 314 g/mol. The lowest BCUT2D eigenvalue weighted by Gasteiger charge is -2.24. The van der Waals surface area contributed by atoms with Crippen LogP contribution in [0.4, 0.5) is 5.82 Å². The van der Waals surface area contributed by atoms with Gasteiger partial charge in [-0.05, 0) is 55.3 Å². The molecule has 1 aromatic heterocycles. The highest BCUT2D eigenvalue weighted by molar-refractivity contribution is 9.10. The van der Waals surface area contributed by atoms with Crippen molar-refractivity contribution in [3.8, 4) is 0 Å². The van der Waals surface area contributed by atoms with Gasteiger partial charge in [-0.1, -0.05) is 0 Å². The van der Waals surface area contributed by atoms with Gasteiger partial charge < -0.3 is 10.2 Å². The van der Waals surface area contributed by atoms with Crippen LogP contribution in [-0.2, 0) is 4.79 Å². The standard InChI is InChI=1S/C13H20BrN3O/c1-5-17(6-2)13(18)10(4)16-12-11(14)9(3)7-8-15-12/h7-8,10H,5-6H2,1-4H3,(H,15,16). The summed E-state index contributed by atoms with van der Waals surface area (Å²) in [6.07, 6.45) is 1.73. The molecule has 18 heavy (non-hydrogen) atoms. The number of likely N-dealkylation sites (N-methyl/N-ethyl adjacent to an activating group) is 1. The molecule has 1 unspecified atom stereocenters. The van der Waals surface area contributed by atoms with Crippen LogP contribution in [0.1, 0.15) is 26.3 Å². The number of halogens is 1. The van der Waals surface area contributed by atoms with Crippen molar-refractivity contribution in [3.63, 3.8) is 0 Å². The van der Waals surface area contributed by atoms with Gasteiger partial charge in [0.2, 0.25) is 5.91 Å². The van der Waals surface area contributed by atoms with Crippen LogP contribution in [-0.4, -0.2) is 34.9 Å². The lowest BCUT2D eigenvalue weighted by atomic mass is 10.2. The summed E-state index contributed by atoms with van der Waals surface area (Å²) in [6, 6.07) is 1.64. The van der Waals surface area contributed by atoms with Gasteiger partial charge >= 0.3 is 0 Å². The Kier molecular flexibility index (Phi) is 5.59. The molecule has 0 saturated heterocycles. The van der Waals surface area contributed by atoms with Gasteiger partial charge in [0.15, 0.2) is 0 Å². The SMILES string of the molecule is CCN(CC)C(=O)C(C)Nc1nccc(C)c1Br. The van der Waals surface area contributed by atoms with Gasteiger partial charge in [0.25, 0.3) is 0 Å². The Morgan fingerprint density at radius 3 is 2.67 bits per heavy atom. The average Bonchev–Trinajstić information content (AvgIpc) is 2.36. The molecule has 1 amide bonds. The molecule has 0 fully saturated rings. The second-order valence-electron chi connectivity index (χ2n) is 4.17. The van der Waals surface area contributed by atoms with Crippen LogP contribution in [0.15, 0.2) is 16.7 Å². The highest BCUT2D eigenvalue weighted by atomic mass is 79.9. The number of hydrogen-bond donors (Lipinski definition) is 1. The van der Waals surface area contributed by atoms with Gasteiger partial charge in [0.05, 0.1) is 4.47 Å². The minimum Gasteiger partial charge on any atom is -0.358 e. The Morgan fingerprint density at radius 1 is 1.50 bits per heavy atom. The van der Waals surface area contributed by atoms with Crippen molar-refractivity contribution in [2.75, 3.05) is 18.4 Å². The molecule has 4 nitrogen and oxygen atoms in total. The van der Waals surface area contributed by atoms with Gasteiger partial charge in [-0.3, -0.25) is 4.79 Å². The zero-order valence-corrected chi connectivity index (χ0v) is 12.9. The number of aryl methyl sites for hydroxylation is 1. The molecule has 0 radical (unpaired) electrons. The predicted molar refractivity (Wildman–Crippen MR) is 77.7 cm³/mol. The van der Waals surface area contributed by atoms with Gasteiger partial charge in [-0.2, -0.15) is 0 Å². The number of amides is 1. The highest BCUT2D eigenvalue weighted by Crippen LogP contribution is 2.23. The van der Waals surface area contributed by atoms with Gasteiger partial charge in [0.1, 0.15) is 11.9 Å². The first-order valence-corrected chi connectivity index (χ1v) is 6.96. The fourth-order valence-electron chi connectivity index (χ4n) is 1.72. The molecule has 1 aromatic rings. The molecule has 1 atom stereocenters. The largest absolute Gasteiger partial charge is 0.358 e. The van der Waals surface area contributed by atoms with Crippen LogP contribution in [0.25, 0.3) is 0 Å². The zero-order valence-electron chi connectivity index (χ0n) is 11.3. The Labute approximate surface area is 117 Å². The summed E-state index contributed by atoms with van der Waals surface area (Å²) >= 11 is 3.48. The van der Waals surface area contributed by atoms with E-state index in [4.69, 9.17) is 0 Å². The van der Waals surface area contributed by atoms with E-state index in [-0.39, 0.29) is 11.9 Å². The number of carbonyl (C=O) groups is 1. The third-order valence-corrected chi connectivity index (χ3v) is 3.88. The molecule has 1 heterocycles. The summed E-state index contributed by atoms with van der Waals surface area (Å²) in [5.74, 6) is 0.804. The minimum atomic E-state index is -0.282. The van der Waals surface area contributed by atoms with Crippen LogP contribution >= 0.6 is 15.9 Å². The maximum absolute atomic E-state index is 12.1. The fraction of sp³-hybridized carbons (Fsp3) is 0.538. The summed E-state index contributed by atoms with van der Waals surface area (Å²) < 4.78 is 0.907.